The Morgan fingerprint density at radius 1 is 1.37 bits per heavy atom. The van der Waals surface area contributed by atoms with Gasteiger partial charge in [-0.15, -0.1) is 11.3 Å². The molecule has 0 aliphatic heterocycles. The first-order valence-electron chi connectivity index (χ1n) is 6.70. The molecule has 0 fully saturated rings. The third-order valence-corrected chi connectivity index (χ3v) is 5.72. The van der Waals surface area contributed by atoms with Crippen molar-refractivity contribution in [1.29, 1.82) is 0 Å². The number of aromatic nitrogens is 1. The Morgan fingerprint density at radius 2 is 2.05 bits per heavy atom. The lowest BCUT2D eigenvalue weighted by Crippen LogP contribution is -2.18. The van der Waals surface area contributed by atoms with Crippen molar-refractivity contribution < 1.29 is 8.42 Å². The van der Waals surface area contributed by atoms with Gasteiger partial charge in [0.05, 0.1) is 11.4 Å². The maximum atomic E-state index is 11.8. The molecule has 0 bridgehead atoms. The predicted octanol–water partition coefficient (Wildman–Crippen LogP) is 2.52. The van der Waals surface area contributed by atoms with Crippen LogP contribution in [0.25, 0.3) is 0 Å². The van der Waals surface area contributed by atoms with Crippen LogP contribution in [0.4, 0.5) is 0 Å². The Kier molecular flexibility index (Phi) is 6.42. The van der Waals surface area contributed by atoms with Crippen molar-refractivity contribution in [2.24, 2.45) is 5.92 Å². The molecule has 0 aromatic carbocycles. The summed E-state index contributed by atoms with van der Waals surface area (Å²) in [5, 5.41) is 4.08. The second kappa shape index (κ2) is 7.36. The number of hydrogen-bond acceptors (Lipinski definition) is 5. The smallest absolute Gasteiger partial charge is 0.156 e. The molecule has 0 atom stereocenters. The molecule has 110 valence electrons. The van der Waals surface area contributed by atoms with Crippen LogP contribution in [0.5, 0.6) is 0 Å². The third kappa shape index (κ3) is 6.01. The summed E-state index contributed by atoms with van der Waals surface area (Å²) in [5.74, 6) is 0.931. The second-order valence-corrected chi connectivity index (χ2v) is 8.59. The molecule has 0 aliphatic carbocycles. The van der Waals surface area contributed by atoms with Crippen molar-refractivity contribution in [3.63, 3.8) is 0 Å². The number of nitrogens with one attached hydrogen (secondary N) is 1. The lowest BCUT2D eigenvalue weighted by Gasteiger charge is -2.05. The van der Waals surface area contributed by atoms with Crippen LogP contribution >= 0.6 is 11.3 Å². The maximum absolute atomic E-state index is 11.8. The van der Waals surface area contributed by atoms with Gasteiger partial charge in [-0.25, -0.2) is 13.4 Å². The molecule has 0 unspecified atom stereocenters. The zero-order chi connectivity index (χ0) is 14.5. The Hall–Kier alpha value is -0.460. The first-order chi connectivity index (χ1) is 8.84. The predicted molar refractivity (Wildman–Crippen MR) is 81.2 cm³/mol. The van der Waals surface area contributed by atoms with Crippen LogP contribution in [-0.4, -0.2) is 25.7 Å². The summed E-state index contributed by atoms with van der Waals surface area (Å²) in [5.41, 5.74) is 0.947. The number of nitrogens with zero attached hydrogens (tertiary/aromatic N) is 1. The summed E-state index contributed by atoms with van der Waals surface area (Å²) < 4.78 is 23.5. The number of aryl methyl sites for hydroxylation is 1. The highest BCUT2D eigenvalue weighted by Crippen LogP contribution is 2.20. The van der Waals surface area contributed by atoms with Crippen molar-refractivity contribution in [3.8, 4) is 0 Å². The number of thiazole rings is 1. The quantitative estimate of drug-likeness (QED) is 0.802. The lowest BCUT2D eigenvalue weighted by molar-refractivity contribution is 0.554. The first-order valence-corrected chi connectivity index (χ1v) is 9.34. The van der Waals surface area contributed by atoms with Gasteiger partial charge in [-0.3, -0.25) is 0 Å². The van der Waals surface area contributed by atoms with Gasteiger partial charge in [-0.2, -0.15) is 0 Å². The summed E-state index contributed by atoms with van der Waals surface area (Å²) in [6, 6.07) is 0. The van der Waals surface area contributed by atoms with E-state index in [-0.39, 0.29) is 11.5 Å². The number of rotatable bonds is 8. The summed E-state index contributed by atoms with van der Waals surface area (Å²) in [4.78, 5) is 5.52. The van der Waals surface area contributed by atoms with Crippen LogP contribution in [0.3, 0.4) is 0 Å². The van der Waals surface area contributed by atoms with Gasteiger partial charge in [0.15, 0.2) is 9.84 Å². The largest absolute Gasteiger partial charge is 0.312 e. The summed E-state index contributed by atoms with van der Waals surface area (Å²) in [7, 11) is -2.99. The van der Waals surface area contributed by atoms with E-state index < -0.39 is 9.84 Å². The highest BCUT2D eigenvalue weighted by Gasteiger charge is 2.15. The van der Waals surface area contributed by atoms with Gasteiger partial charge in [0.25, 0.3) is 0 Å². The molecule has 1 N–H and O–H groups in total. The van der Waals surface area contributed by atoms with Crippen molar-refractivity contribution in [2.75, 3.05) is 12.3 Å². The molecular formula is C13H24N2O2S2. The van der Waals surface area contributed by atoms with Gasteiger partial charge in [-0.05, 0) is 25.8 Å². The SMILES string of the molecule is CCCS(=O)(=O)Cc1nc(C)c(CNCC(C)C)s1. The normalized spacial score (nSPS) is 12.3. The minimum Gasteiger partial charge on any atom is -0.312 e. The van der Waals surface area contributed by atoms with Crippen molar-refractivity contribution in [3.05, 3.63) is 15.6 Å². The Morgan fingerprint density at radius 3 is 2.63 bits per heavy atom. The summed E-state index contributed by atoms with van der Waals surface area (Å²) >= 11 is 1.51. The van der Waals surface area contributed by atoms with Gasteiger partial charge in [0.1, 0.15) is 10.8 Å². The molecule has 1 aromatic heterocycles. The molecule has 1 rings (SSSR count). The van der Waals surface area contributed by atoms with Crippen LogP contribution in [0.1, 0.15) is 42.8 Å². The van der Waals surface area contributed by atoms with E-state index >= 15 is 0 Å². The van der Waals surface area contributed by atoms with Gasteiger partial charge in [0.2, 0.25) is 0 Å². The summed E-state index contributed by atoms with van der Waals surface area (Å²) in [6.07, 6.45) is 0.662. The summed E-state index contributed by atoms with van der Waals surface area (Å²) in [6.45, 7) is 9.88. The molecule has 0 saturated carbocycles. The van der Waals surface area contributed by atoms with E-state index in [0.717, 1.165) is 23.7 Å². The molecule has 0 radical (unpaired) electrons. The highest BCUT2D eigenvalue weighted by molar-refractivity contribution is 7.90. The second-order valence-electron chi connectivity index (χ2n) is 5.23. The van der Waals surface area contributed by atoms with E-state index in [9.17, 15) is 8.42 Å². The highest BCUT2D eigenvalue weighted by atomic mass is 32.2. The zero-order valence-electron chi connectivity index (χ0n) is 12.2. The average molecular weight is 304 g/mol. The van der Waals surface area contributed by atoms with E-state index in [2.05, 4.69) is 24.1 Å². The average Bonchev–Trinajstić information content (AvgIpc) is 2.57. The Labute approximate surface area is 120 Å². The van der Waals surface area contributed by atoms with Crippen molar-refractivity contribution >= 4 is 21.2 Å². The fourth-order valence-corrected chi connectivity index (χ4v) is 4.58. The van der Waals surface area contributed by atoms with E-state index in [4.69, 9.17) is 0 Å². The minimum atomic E-state index is -2.99. The maximum Gasteiger partial charge on any atom is 0.156 e. The number of hydrogen-bond donors (Lipinski definition) is 1. The van der Waals surface area contributed by atoms with Crippen LogP contribution < -0.4 is 5.32 Å². The molecule has 1 aromatic rings. The van der Waals surface area contributed by atoms with Crippen molar-refractivity contribution in [1.82, 2.24) is 10.3 Å². The van der Waals surface area contributed by atoms with E-state index in [0.29, 0.717) is 17.3 Å². The molecule has 0 spiro atoms. The molecule has 0 saturated heterocycles. The zero-order valence-corrected chi connectivity index (χ0v) is 13.8. The fourth-order valence-electron chi connectivity index (χ4n) is 1.76. The monoisotopic (exact) mass is 304 g/mol. The Bertz CT molecular complexity index is 493. The molecular weight excluding hydrogens is 280 g/mol. The molecule has 0 amide bonds. The minimum absolute atomic E-state index is 0.0799. The van der Waals surface area contributed by atoms with Crippen LogP contribution in [-0.2, 0) is 22.1 Å². The van der Waals surface area contributed by atoms with Crippen LogP contribution in [0, 0.1) is 12.8 Å². The molecule has 1 heterocycles. The third-order valence-electron chi connectivity index (χ3n) is 2.63. The molecule has 4 nitrogen and oxygen atoms in total. The van der Waals surface area contributed by atoms with Crippen LogP contribution in [0.15, 0.2) is 0 Å². The van der Waals surface area contributed by atoms with E-state index in [1.807, 2.05) is 13.8 Å². The number of sulfone groups is 1. The van der Waals surface area contributed by atoms with Gasteiger partial charge >= 0.3 is 0 Å². The fraction of sp³-hybridized carbons (Fsp3) is 0.769. The van der Waals surface area contributed by atoms with E-state index in [1.54, 1.807) is 0 Å². The van der Waals surface area contributed by atoms with Gasteiger partial charge < -0.3 is 5.32 Å². The van der Waals surface area contributed by atoms with E-state index in [1.165, 1.54) is 11.3 Å². The molecule has 6 heteroatoms. The lowest BCUT2D eigenvalue weighted by atomic mass is 10.2. The molecule has 0 aliphatic rings. The Balaban J connectivity index is 2.63. The van der Waals surface area contributed by atoms with Gasteiger partial charge in [-0.1, -0.05) is 20.8 Å². The topological polar surface area (TPSA) is 59.1 Å². The standard InChI is InChI=1S/C13H24N2O2S2/c1-5-6-19(16,17)9-13-15-11(4)12(18-13)8-14-7-10(2)3/h10,14H,5-9H2,1-4H3. The molecule has 19 heavy (non-hydrogen) atoms. The first kappa shape index (κ1) is 16.6. The van der Waals surface area contributed by atoms with Crippen LogP contribution in [0.2, 0.25) is 0 Å². The van der Waals surface area contributed by atoms with Crippen molar-refractivity contribution in [2.45, 2.75) is 46.4 Å². The van der Waals surface area contributed by atoms with Gasteiger partial charge in [0, 0.05) is 11.4 Å².